The first-order valence-electron chi connectivity index (χ1n) is 12.1. The highest BCUT2D eigenvalue weighted by Gasteiger charge is 2.41. The fourth-order valence-corrected chi connectivity index (χ4v) is 8.28. The standard InChI is InChI=1S/C30H34O4Si/c1-4-14-28(33-29(31)24(2)3)30(32)34-35(21-25-15-8-5-9-16-25,22-26-17-10-6-11-18-26)23-27-19-12-7-13-20-27/h5-13,15-20,28H,2,4,14,21-23H2,1,3H3. The van der Waals surface area contributed by atoms with Crippen molar-refractivity contribution in [2.24, 2.45) is 0 Å². The summed E-state index contributed by atoms with van der Waals surface area (Å²) in [6, 6.07) is 32.5. The summed E-state index contributed by atoms with van der Waals surface area (Å²) in [4.78, 5) is 25.8. The van der Waals surface area contributed by atoms with Crippen LogP contribution in [0.4, 0.5) is 0 Å². The molecule has 0 heterocycles. The molecule has 0 saturated heterocycles. The average molecular weight is 487 g/mol. The van der Waals surface area contributed by atoms with E-state index in [1.54, 1.807) is 6.92 Å². The maximum atomic E-state index is 13.6. The Kier molecular flexibility index (Phi) is 9.62. The molecule has 1 atom stereocenters. The van der Waals surface area contributed by atoms with Gasteiger partial charge in [0, 0.05) is 23.7 Å². The summed E-state index contributed by atoms with van der Waals surface area (Å²) in [5.41, 5.74) is 3.65. The molecule has 0 saturated carbocycles. The Morgan fingerprint density at radius 3 is 1.51 bits per heavy atom. The van der Waals surface area contributed by atoms with E-state index >= 15 is 0 Å². The minimum atomic E-state index is -2.81. The lowest BCUT2D eigenvalue weighted by Gasteiger charge is -2.33. The Hall–Kier alpha value is -3.44. The molecule has 3 rings (SSSR count). The smallest absolute Gasteiger partial charge is 0.334 e. The second kappa shape index (κ2) is 12.9. The third-order valence-corrected chi connectivity index (χ3v) is 9.63. The van der Waals surface area contributed by atoms with Gasteiger partial charge in [-0.15, -0.1) is 0 Å². The Morgan fingerprint density at radius 2 is 1.17 bits per heavy atom. The summed E-state index contributed by atoms with van der Waals surface area (Å²) in [6.07, 6.45) is 0.149. The highest BCUT2D eigenvalue weighted by molar-refractivity contribution is 6.73. The lowest BCUT2D eigenvalue weighted by Crippen LogP contribution is -2.51. The van der Waals surface area contributed by atoms with Crippen molar-refractivity contribution in [1.29, 1.82) is 0 Å². The minimum absolute atomic E-state index is 0.264. The van der Waals surface area contributed by atoms with Crippen molar-refractivity contribution in [2.75, 3.05) is 0 Å². The van der Waals surface area contributed by atoms with Gasteiger partial charge in [-0.25, -0.2) is 9.59 Å². The molecule has 3 aromatic rings. The number of carbonyl (C=O) groups is 2. The van der Waals surface area contributed by atoms with Gasteiger partial charge in [0.15, 0.2) is 6.10 Å². The van der Waals surface area contributed by atoms with E-state index in [2.05, 4.69) is 43.0 Å². The predicted molar refractivity (Wildman–Crippen MR) is 142 cm³/mol. The lowest BCUT2D eigenvalue weighted by atomic mass is 10.2. The van der Waals surface area contributed by atoms with Crippen molar-refractivity contribution in [1.82, 2.24) is 0 Å². The molecule has 0 aliphatic heterocycles. The molecule has 0 spiro atoms. The summed E-state index contributed by atoms with van der Waals surface area (Å²) in [7, 11) is -2.81. The van der Waals surface area contributed by atoms with Crippen LogP contribution in [0.25, 0.3) is 0 Å². The van der Waals surface area contributed by atoms with Crippen molar-refractivity contribution >= 4 is 20.3 Å². The maximum absolute atomic E-state index is 13.6. The van der Waals surface area contributed by atoms with Crippen molar-refractivity contribution in [3.8, 4) is 0 Å². The molecule has 5 heteroatoms. The van der Waals surface area contributed by atoms with E-state index in [0.29, 0.717) is 31.0 Å². The number of carbonyl (C=O) groups excluding carboxylic acids is 2. The van der Waals surface area contributed by atoms with Crippen LogP contribution < -0.4 is 0 Å². The van der Waals surface area contributed by atoms with Crippen LogP contribution >= 0.6 is 0 Å². The van der Waals surface area contributed by atoms with E-state index < -0.39 is 26.4 Å². The SMILES string of the molecule is C=C(C)C(=O)OC(CCC)C(=O)O[Si](Cc1ccccc1)(Cc1ccccc1)Cc1ccccc1. The second-order valence-electron chi connectivity index (χ2n) is 9.05. The highest BCUT2D eigenvalue weighted by atomic mass is 28.4. The number of esters is 1. The third-order valence-electron chi connectivity index (χ3n) is 5.84. The van der Waals surface area contributed by atoms with Crippen LogP contribution in [0, 0.1) is 0 Å². The molecule has 0 aromatic heterocycles. The largest absolute Gasteiger partial charge is 0.515 e. The van der Waals surface area contributed by atoms with Crippen molar-refractivity contribution in [3.05, 3.63) is 120 Å². The van der Waals surface area contributed by atoms with E-state index in [1.807, 2.05) is 61.5 Å². The zero-order valence-corrected chi connectivity index (χ0v) is 21.6. The summed E-state index contributed by atoms with van der Waals surface area (Å²) in [6.45, 7) is 7.19. The fraction of sp³-hybridized carbons (Fsp3) is 0.267. The van der Waals surface area contributed by atoms with E-state index in [9.17, 15) is 9.59 Å². The molecule has 0 radical (unpaired) electrons. The molecule has 182 valence electrons. The molecular formula is C30H34O4Si. The molecule has 1 unspecified atom stereocenters. The van der Waals surface area contributed by atoms with Gasteiger partial charge in [-0.2, -0.15) is 0 Å². The summed E-state index contributed by atoms with van der Waals surface area (Å²) < 4.78 is 12.1. The lowest BCUT2D eigenvalue weighted by molar-refractivity contribution is -0.160. The molecule has 0 N–H and O–H groups in total. The van der Waals surface area contributed by atoms with Crippen LogP contribution in [-0.2, 0) is 36.9 Å². The quantitative estimate of drug-likeness (QED) is 0.176. The Morgan fingerprint density at radius 1 is 0.771 bits per heavy atom. The van der Waals surface area contributed by atoms with E-state index in [4.69, 9.17) is 9.16 Å². The Balaban J connectivity index is 2.01. The molecule has 0 aliphatic carbocycles. The fourth-order valence-electron chi connectivity index (χ4n) is 4.20. The van der Waals surface area contributed by atoms with Crippen LogP contribution in [-0.4, -0.2) is 26.4 Å². The first-order valence-corrected chi connectivity index (χ1v) is 14.6. The Bertz CT molecular complexity index is 996. The van der Waals surface area contributed by atoms with Gasteiger partial charge in [-0.1, -0.05) is 111 Å². The number of rotatable bonds is 12. The number of hydrogen-bond acceptors (Lipinski definition) is 4. The Labute approximate surface area is 209 Å². The molecule has 3 aromatic carbocycles. The van der Waals surface area contributed by atoms with E-state index in [1.165, 1.54) is 0 Å². The highest BCUT2D eigenvalue weighted by Crippen LogP contribution is 2.25. The zero-order chi connectivity index (χ0) is 25.1. The number of benzene rings is 3. The molecule has 35 heavy (non-hydrogen) atoms. The van der Waals surface area contributed by atoms with Gasteiger partial charge in [0.2, 0.25) is 0 Å². The normalized spacial score (nSPS) is 11.9. The van der Waals surface area contributed by atoms with Gasteiger partial charge in [0.1, 0.15) is 0 Å². The first-order chi connectivity index (χ1) is 16.9. The van der Waals surface area contributed by atoms with Crippen LogP contribution in [0.1, 0.15) is 43.4 Å². The number of ether oxygens (including phenoxy) is 1. The van der Waals surface area contributed by atoms with Gasteiger partial charge in [0.25, 0.3) is 8.32 Å². The van der Waals surface area contributed by atoms with Gasteiger partial charge in [-0.05, 0) is 30.0 Å². The van der Waals surface area contributed by atoms with E-state index in [-0.39, 0.29) is 5.57 Å². The third kappa shape index (κ3) is 8.07. The average Bonchev–Trinajstić information content (AvgIpc) is 2.85. The monoisotopic (exact) mass is 486 g/mol. The van der Waals surface area contributed by atoms with Crippen LogP contribution in [0.15, 0.2) is 103 Å². The van der Waals surface area contributed by atoms with Crippen molar-refractivity contribution in [3.63, 3.8) is 0 Å². The summed E-state index contributed by atoms with van der Waals surface area (Å²) in [5.74, 6) is -1.03. The second-order valence-corrected chi connectivity index (χ2v) is 12.7. The summed E-state index contributed by atoms with van der Waals surface area (Å²) >= 11 is 0. The van der Waals surface area contributed by atoms with Gasteiger partial charge in [-0.3, -0.25) is 0 Å². The van der Waals surface area contributed by atoms with Crippen LogP contribution in [0.3, 0.4) is 0 Å². The first kappa shape index (κ1) is 26.2. The molecule has 0 aliphatic rings. The van der Waals surface area contributed by atoms with Crippen molar-refractivity contribution in [2.45, 2.75) is 50.9 Å². The maximum Gasteiger partial charge on any atom is 0.334 e. The van der Waals surface area contributed by atoms with Gasteiger partial charge < -0.3 is 9.16 Å². The molecule has 0 bridgehead atoms. The zero-order valence-electron chi connectivity index (χ0n) is 20.6. The predicted octanol–water partition coefficient (Wildman–Crippen LogP) is 6.11. The van der Waals surface area contributed by atoms with Gasteiger partial charge in [0.05, 0.1) is 0 Å². The molecule has 0 amide bonds. The molecule has 0 fully saturated rings. The van der Waals surface area contributed by atoms with Crippen molar-refractivity contribution < 1.29 is 18.8 Å². The van der Waals surface area contributed by atoms with Crippen LogP contribution in [0.5, 0.6) is 0 Å². The minimum Gasteiger partial charge on any atom is -0.515 e. The number of hydrogen-bond donors (Lipinski definition) is 0. The summed E-state index contributed by atoms with van der Waals surface area (Å²) in [5, 5.41) is 0. The molecule has 4 nitrogen and oxygen atoms in total. The topological polar surface area (TPSA) is 52.6 Å². The van der Waals surface area contributed by atoms with Gasteiger partial charge >= 0.3 is 11.9 Å². The van der Waals surface area contributed by atoms with E-state index in [0.717, 1.165) is 16.7 Å². The van der Waals surface area contributed by atoms with Crippen LogP contribution in [0.2, 0.25) is 0 Å². The molecular weight excluding hydrogens is 452 g/mol.